The zero-order valence-corrected chi connectivity index (χ0v) is 27.7. The van der Waals surface area contributed by atoms with Crippen LogP contribution in [0.1, 0.15) is 28.5 Å². The molecule has 2 aromatic heterocycles. The third-order valence-electron chi connectivity index (χ3n) is 7.01. The number of benzene rings is 4. The summed E-state index contributed by atoms with van der Waals surface area (Å²) in [5.74, 6) is 0. The van der Waals surface area contributed by atoms with Crippen molar-refractivity contribution in [3.05, 3.63) is 133 Å². The Labute approximate surface area is 298 Å². The first kappa shape index (κ1) is 36.8. The van der Waals surface area contributed by atoms with Crippen LogP contribution < -0.4 is 29.1 Å². The van der Waals surface area contributed by atoms with E-state index in [1.165, 1.54) is 25.7 Å². The quantitative estimate of drug-likeness (QED) is 0.254. The Hall–Kier alpha value is -3.65. The maximum absolute atomic E-state index is 4.94. The van der Waals surface area contributed by atoms with Gasteiger partial charge in [-0.2, -0.15) is 0 Å². The fraction of sp³-hybridized carbons (Fsp3) is 0.211. The standard InChI is InChI=1S/2C15H11N2.2C4H8O.Al.Li.2H/c2*1-3-7-12(8-4-1)14-11-15(17-16-14)13-9-5-2-6-10-13;2*1-2-4-5-3-1;;;;/h2*1-11H;2*1-4H2;;;;/q2*-1;;;+3;+1;2*-1. The number of ether oxygens (including phenoxy) is 2. The fourth-order valence-electron chi connectivity index (χ4n) is 4.61. The number of rotatable bonds is 4. The van der Waals surface area contributed by atoms with Crippen molar-refractivity contribution < 1.29 is 31.2 Å². The van der Waals surface area contributed by atoms with Gasteiger partial charge in [0, 0.05) is 37.8 Å². The van der Waals surface area contributed by atoms with Crippen LogP contribution in [0.25, 0.3) is 45.0 Å². The molecule has 4 heterocycles. The molecule has 2 saturated heterocycles. The molecule has 0 atom stereocenters. The van der Waals surface area contributed by atoms with E-state index < -0.39 is 0 Å². The van der Waals surface area contributed by atoms with Gasteiger partial charge in [0.1, 0.15) is 0 Å². The van der Waals surface area contributed by atoms with Crippen LogP contribution in [0.15, 0.2) is 133 Å². The Kier molecular flexibility index (Phi) is 17.0. The molecule has 0 radical (unpaired) electrons. The first-order valence-electron chi connectivity index (χ1n) is 15.2. The number of hydrogen-bond acceptors (Lipinski definition) is 4. The minimum atomic E-state index is 0. The molecular formula is C38H40AlLiN4O2. The van der Waals surface area contributed by atoms with Crippen molar-refractivity contribution in [1.29, 1.82) is 0 Å². The molecule has 228 valence electrons. The first-order chi connectivity index (χ1) is 21.9. The summed E-state index contributed by atoms with van der Waals surface area (Å²) in [7, 11) is 0. The summed E-state index contributed by atoms with van der Waals surface area (Å²) in [5.41, 5.74) is 8.08. The van der Waals surface area contributed by atoms with E-state index in [-0.39, 0.29) is 39.1 Å². The van der Waals surface area contributed by atoms with Crippen molar-refractivity contribution >= 4 is 17.4 Å². The third-order valence-corrected chi connectivity index (χ3v) is 7.01. The predicted octanol–water partition coefficient (Wildman–Crippen LogP) is 5.19. The molecule has 8 heteroatoms. The summed E-state index contributed by atoms with van der Waals surface area (Å²) < 4.78 is 9.89. The molecule has 6 nitrogen and oxygen atoms in total. The third kappa shape index (κ3) is 11.9. The maximum atomic E-state index is 4.94. The monoisotopic (exact) mass is 618 g/mol. The van der Waals surface area contributed by atoms with Gasteiger partial charge in [0.2, 0.25) is 0 Å². The molecule has 6 aromatic rings. The smallest absolute Gasteiger partial charge is 1.00 e. The fourth-order valence-corrected chi connectivity index (χ4v) is 4.61. The van der Waals surface area contributed by atoms with Gasteiger partial charge in [0.15, 0.2) is 0 Å². The van der Waals surface area contributed by atoms with E-state index in [1.54, 1.807) is 0 Å². The van der Waals surface area contributed by atoms with Crippen molar-refractivity contribution in [1.82, 2.24) is 20.4 Å². The predicted molar refractivity (Wildman–Crippen MR) is 185 cm³/mol. The summed E-state index contributed by atoms with van der Waals surface area (Å²) in [6.45, 7) is 4.00. The van der Waals surface area contributed by atoms with E-state index in [1.807, 2.05) is 133 Å². The van der Waals surface area contributed by atoms with Crippen molar-refractivity contribution in [2.75, 3.05) is 26.4 Å². The summed E-state index contributed by atoms with van der Waals surface area (Å²) in [5, 5.41) is 16.9. The average molecular weight is 619 g/mol. The second-order valence-corrected chi connectivity index (χ2v) is 10.3. The second-order valence-electron chi connectivity index (χ2n) is 10.3. The molecule has 0 bridgehead atoms. The zero-order chi connectivity index (χ0) is 30.1. The van der Waals surface area contributed by atoms with E-state index in [9.17, 15) is 0 Å². The molecule has 0 N–H and O–H groups in total. The topological polar surface area (TPSA) is 72.4 Å². The molecule has 0 unspecified atom stereocenters. The van der Waals surface area contributed by atoms with Crippen LogP contribution >= 0.6 is 0 Å². The molecule has 8 rings (SSSR count). The van der Waals surface area contributed by atoms with E-state index in [0.717, 1.165) is 71.5 Å². The van der Waals surface area contributed by atoms with Crippen molar-refractivity contribution in [3.8, 4) is 45.0 Å². The molecule has 4 aromatic carbocycles. The molecular weight excluding hydrogens is 578 g/mol. The average Bonchev–Trinajstić information content (AvgIpc) is 3.96. The van der Waals surface area contributed by atoms with Gasteiger partial charge >= 0.3 is 36.2 Å². The number of hydrogen-bond donors (Lipinski definition) is 0. The minimum absolute atomic E-state index is 0. The number of aromatic nitrogens is 4. The van der Waals surface area contributed by atoms with Gasteiger partial charge in [-0.3, -0.25) is 0 Å². The van der Waals surface area contributed by atoms with E-state index >= 15 is 0 Å². The molecule has 2 fully saturated rings. The van der Waals surface area contributed by atoms with Crippen molar-refractivity contribution in [2.45, 2.75) is 25.7 Å². The van der Waals surface area contributed by atoms with Gasteiger partial charge in [0.25, 0.3) is 0 Å². The Morgan fingerprint density at radius 2 is 0.717 bits per heavy atom. The molecule has 2 aliphatic heterocycles. The second kappa shape index (κ2) is 21.2. The minimum Gasteiger partial charge on any atom is -1.00 e. The molecule has 0 spiro atoms. The van der Waals surface area contributed by atoms with Gasteiger partial charge in [-0.1, -0.05) is 133 Å². The van der Waals surface area contributed by atoms with E-state index in [0.29, 0.717) is 0 Å². The molecule has 0 aliphatic carbocycles. The zero-order valence-electron chi connectivity index (χ0n) is 28.5. The van der Waals surface area contributed by atoms with Crippen LogP contribution in [-0.4, -0.2) is 54.0 Å². The van der Waals surface area contributed by atoms with Crippen LogP contribution in [0.2, 0.25) is 0 Å². The van der Waals surface area contributed by atoms with Crippen molar-refractivity contribution in [3.63, 3.8) is 0 Å². The molecule has 46 heavy (non-hydrogen) atoms. The summed E-state index contributed by atoms with van der Waals surface area (Å²) >= 11 is 0. The van der Waals surface area contributed by atoms with Gasteiger partial charge in [-0.05, 0) is 47.9 Å². The normalized spacial score (nSPS) is 12.9. The summed E-state index contributed by atoms with van der Waals surface area (Å²) in [6.07, 6.45) is 5.11. The molecule has 2 aliphatic rings. The van der Waals surface area contributed by atoms with Crippen LogP contribution in [0.3, 0.4) is 0 Å². The van der Waals surface area contributed by atoms with Gasteiger partial charge in [-0.15, -0.1) is 11.4 Å². The Balaban J connectivity index is 0.000000350. The Morgan fingerprint density at radius 1 is 0.435 bits per heavy atom. The summed E-state index contributed by atoms with van der Waals surface area (Å²) in [4.78, 5) is 0. The van der Waals surface area contributed by atoms with Gasteiger partial charge in [0.05, 0.1) is 0 Å². The van der Waals surface area contributed by atoms with Gasteiger partial charge < -0.3 is 32.7 Å². The maximum Gasteiger partial charge on any atom is 3.00 e. The molecule has 0 saturated carbocycles. The van der Waals surface area contributed by atoms with Crippen molar-refractivity contribution in [2.24, 2.45) is 0 Å². The van der Waals surface area contributed by atoms with Crippen LogP contribution in [0.5, 0.6) is 0 Å². The van der Waals surface area contributed by atoms with Gasteiger partial charge in [-0.25, -0.2) is 0 Å². The van der Waals surface area contributed by atoms with Crippen LogP contribution in [0.4, 0.5) is 0 Å². The Morgan fingerprint density at radius 3 is 0.978 bits per heavy atom. The van der Waals surface area contributed by atoms with Crippen LogP contribution in [0, 0.1) is 0 Å². The number of nitrogens with zero attached hydrogens (tertiary/aromatic N) is 4. The van der Waals surface area contributed by atoms with E-state index in [4.69, 9.17) is 9.47 Å². The first-order valence-corrected chi connectivity index (χ1v) is 15.2. The van der Waals surface area contributed by atoms with Crippen LogP contribution in [-0.2, 0) is 9.47 Å². The SMILES string of the molecule is C1CCOC1.C1CCOC1.[Al+3].[H-].[H-].[Li+].c1ccc(-c2cc(-c3ccccc3)[n-]n2)cc1.c1ccc(-c2cc(-c3ccccc3)[n-]n2)cc1. The summed E-state index contributed by atoms with van der Waals surface area (Å²) in [6, 6.07) is 44.4. The largest absolute Gasteiger partial charge is 3.00 e. The Bertz CT molecular complexity index is 1370. The van der Waals surface area contributed by atoms with E-state index in [2.05, 4.69) is 20.4 Å². The molecule has 0 amide bonds.